The average molecular weight is 423 g/mol. The lowest BCUT2D eigenvalue weighted by atomic mass is 10.2. The smallest absolute Gasteiger partial charge is 0.271 e. The lowest BCUT2D eigenvalue weighted by molar-refractivity contribution is 0.0846. The first-order chi connectivity index (χ1) is 14.9. The minimum Gasteiger partial charge on any atom is -0.497 e. The van der Waals surface area contributed by atoms with Crippen molar-refractivity contribution < 1.29 is 23.8 Å². The predicted octanol–water partition coefficient (Wildman–Crippen LogP) is 3.19. The molecular formula is C23H25N3O5. The van der Waals surface area contributed by atoms with Gasteiger partial charge in [-0.05, 0) is 62.4 Å². The highest BCUT2D eigenvalue weighted by Gasteiger charge is 2.18. The van der Waals surface area contributed by atoms with Gasteiger partial charge in [-0.3, -0.25) is 20.4 Å². The van der Waals surface area contributed by atoms with E-state index >= 15 is 0 Å². The summed E-state index contributed by atoms with van der Waals surface area (Å²) in [4.78, 5) is 25.2. The van der Waals surface area contributed by atoms with Gasteiger partial charge in [-0.15, -0.1) is 0 Å². The van der Waals surface area contributed by atoms with E-state index in [0.717, 1.165) is 22.8 Å². The maximum Gasteiger partial charge on any atom is 0.271 e. The summed E-state index contributed by atoms with van der Waals surface area (Å²) in [6.07, 6.45) is 0. The van der Waals surface area contributed by atoms with Crippen molar-refractivity contribution in [2.24, 2.45) is 0 Å². The molecular weight excluding hydrogens is 398 g/mol. The molecule has 2 N–H and O–H groups in total. The Labute approximate surface area is 180 Å². The van der Waals surface area contributed by atoms with E-state index in [1.54, 1.807) is 25.3 Å². The molecule has 0 aliphatic carbocycles. The second-order valence-electron chi connectivity index (χ2n) is 6.80. The summed E-state index contributed by atoms with van der Waals surface area (Å²) in [6.45, 7) is 3.76. The molecule has 0 aliphatic rings. The van der Waals surface area contributed by atoms with Crippen LogP contribution in [-0.2, 0) is 0 Å². The molecule has 0 radical (unpaired) electrons. The van der Waals surface area contributed by atoms with Crippen molar-refractivity contribution in [2.45, 2.75) is 13.8 Å². The highest BCUT2D eigenvalue weighted by Crippen LogP contribution is 2.27. The Kier molecular flexibility index (Phi) is 6.49. The van der Waals surface area contributed by atoms with Crippen LogP contribution in [0.25, 0.3) is 5.69 Å². The molecule has 2 aromatic carbocycles. The number of amides is 2. The number of ether oxygens (including phenoxy) is 3. The molecule has 162 valence electrons. The fourth-order valence-corrected chi connectivity index (χ4v) is 3.35. The molecule has 0 bridgehead atoms. The van der Waals surface area contributed by atoms with Crippen LogP contribution in [0.2, 0.25) is 0 Å². The normalized spacial score (nSPS) is 10.4. The number of benzene rings is 2. The van der Waals surface area contributed by atoms with Gasteiger partial charge in [0.2, 0.25) is 0 Å². The summed E-state index contributed by atoms with van der Waals surface area (Å²) in [5.41, 5.74) is 8.23. The highest BCUT2D eigenvalue weighted by molar-refractivity contribution is 6.00. The van der Waals surface area contributed by atoms with Crippen LogP contribution in [0.3, 0.4) is 0 Å². The maximum absolute atomic E-state index is 12.7. The first kappa shape index (κ1) is 21.8. The molecule has 8 heteroatoms. The lowest BCUT2D eigenvalue weighted by Crippen LogP contribution is -2.41. The van der Waals surface area contributed by atoms with Gasteiger partial charge in [0.25, 0.3) is 11.8 Å². The van der Waals surface area contributed by atoms with Gasteiger partial charge in [0.15, 0.2) is 11.5 Å². The number of rotatable bonds is 6. The van der Waals surface area contributed by atoms with E-state index in [1.807, 2.05) is 42.7 Å². The number of carbonyl (C=O) groups excluding carboxylic acids is 2. The third-order valence-electron chi connectivity index (χ3n) is 4.94. The summed E-state index contributed by atoms with van der Waals surface area (Å²) in [5.74, 6) is 0.792. The first-order valence-electron chi connectivity index (χ1n) is 9.55. The number of aryl methyl sites for hydroxylation is 1. The van der Waals surface area contributed by atoms with Crippen LogP contribution in [0.1, 0.15) is 32.1 Å². The monoisotopic (exact) mass is 423 g/mol. The van der Waals surface area contributed by atoms with Crippen molar-refractivity contribution in [3.8, 4) is 22.9 Å². The van der Waals surface area contributed by atoms with Crippen molar-refractivity contribution in [1.82, 2.24) is 15.4 Å². The molecule has 3 aromatic rings. The molecule has 8 nitrogen and oxygen atoms in total. The quantitative estimate of drug-likeness (QED) is 0.594. The molecule has 31 heavy (non-hydrogen) atoms. The van der Waals surface area contributed by atoms with Crippen LogP contribution >= 0.6 is 0 Å². The first-order valence-corrected chi connectivity index (χ1v) is 9.55. The second kappa shape index (κ2) is 9.25. The SMILES string of the molecule is COc1ccc(-n2c(C)cc(C(=O)NNC(=O)c3ccc(OC)c(OC)c3)c2C)cc1. The van der Waals surface area contributed by atoms with Crippen LogP contribution < -0.4 is 25.1 Å². The molecule has 1 heterocycles. The van der Waals surface area contributed by atoms with Crippen LogP contribution in [-0.4, -0.2) is 37.7 Å². The van der Waals surface area contributed by atoms with Crippen molar-refractivity contribution >= 4 is 11.8 Å². The molecule has 0 fully saturated rings. The second-order valence-corrected chi connectivity index (χ2v) is 6.80. The fraction of sp³-hybridized carbons (Fsp3) is 0.217. The van der Waals surface area contributed by atoms with Gasteiger partial charge < -0.3 is 18.8 Å². The van der Waals surface area contributed by atoms with E-state index in [0.29, 0.717) is 22.6 Å². The summed E-state index contributed by atoms with van der Waals surface area (Å²) < 4.78 is 17.5. The molecule has 0 spiro atoms. The number of nitrogens with zero attached hydrogens (tertiary/aromatic N) is 1. The zero-order chi connectivity index (χ0) is 22.5. The van der Waals surface area contributed by atoms with Gasteiger partial charge in [0.1, 0.15) is 5.75 Å². The summed E-state index contributed by atoms with van der Waals surface area (Å²) >= 11 is 0. The number of hydrogen-bond acceptors (Lipinski definition) is 5. The third kappa shape index (κ3) is 4.48. The summed E-state index contributed by atoms with van der Waals surface area (Å²) in [7, 11) is 4.61. The van der Waals surface area contributed by atoms with Crippen LogP contribution in [0.15, 0.2) is 48.5 Å². The Morgan fingerprint density at radius 3 is 2.03 bits per heavy atom. The number of methoxy groups -OCH3 is 3. The van der Waals surface area contributed by atoms with Crippen molar-refractivity contribution in [2.75, 3.05) is 21.3 Å². The van der Waals surface area contributed by atoms with E-state index in [-0.39, 0.29) is 0 Å². The lowest BCUT2D eigenvalue weighted by Gasteiger charge is -2.12. The molecule has 0 saturated carbocycles. The zero-order valence-corrected chi connectivity index (χ0v) is 18.1. The van der Waals surface area contributed by atoms with Crippen LogP contribution in [0.5, 0.6) is 17.2 Å². The van der Waals surface area contributed by atoms with Crippen LogP contribution in [0.4, 0.5) is 0 Å². The standard InChI is InChI=1S/C23H25N3O5/c1-14-12-19(15(2)26(14)17-7-9-18(29-3)10-8-17)23(28)25-24-22(27)16-6-11-20(30-4)21(13-16)31-5/h6-13H,1-5H3,(H,24,27)(H,25,28). The van der Waals surface area contributed by atoms with E-state index in [1.165, 1.54) is 20.3 Å². The Morgan fingerprint density at radius 2 is 1.42 bits per heavy atom. The van der Waals surface area contributed by atoms with E-state index in [2.05, 4.69) is 10.9 Å². The minimum absolute atomic E-state index is 0.321. The third-order valence-corrected chi connectivity index (χ3v) is 4.94. The zero-order valence-electron chi connectivity index (χ0n) is 18.1. The Hall–Kier alpha value is -3.94. The van der Waals surface area contributed by atoms with Gasteiger partial charge in [-0.25, -0.2) is 0 Å². The predicted molar refractivity (Wildman–Crippen MR) is 116 cm³/mol. The molecule has 2 amide bonds. The Morgan fingerprint density at radius 1 is 0.774 bits per heavy atom. The minimum atomic E-state index is -0.474. The van der Waals surface area contributed by atoms with Crippen molar-refractivity contribution in [3.05, 3.63) is 71.0 Å². The number of hydrazine groups is 1. The van der Waals surface area contributed by atoms with Crippen molar-refractivity contribution in [3.63, 3.8) is 0 Å². The molecule has 0 unspecified atom stereocenters. The molecule has 0 atom stereocenters. The number of aromatic nitrogens is 1. The summed E-state index contributed by atoms with van der Waals surface area (Å²) in [5, 5.41) is 0. The summed E-state index contributed by atoms with van der Waals surface area (Å²) in [6, 6.07) is 14.1. The number of nitrogens with one attached hydrogen (secondary N) is 2. The van der Waals surface area contributed by atoms with Crippen molar-refractivity contribution in [1.29, 1.82) is 0 Å². The van der Waals surface area contributed by atoms with Gasteiger partial charge in [0, 0.05) is 22.6 Å². The fourth-order valence-electron chi connectivity index (χ4n) is 3.35. The van der Waals surface area contributed by atoms with Gasteiger partial charge in [-0.2, -0.15) is 0 Å². The van der Waals surface area contributed by atoms with Crippen LogP contribution in [0, 0.1) is 13.8 Å². The topological polar surface area (TPSA) is 90.8 Å². The number of carbonyl (C=O) groups is 2. The van der Waals surface area contributed by atoms with E-state index < -0.39 is 11.8 Å². The van der Waals surface area contributed by atoms with Gasteiger partial charge in [-0.1, -0.05) is 0 Å². The average Bonchev–Trinajstić information content (AvgIpc) is 3.10. The molecule has 3 rings (SSSR count). The molecule has 0 aliphatic heterocycles. The Bertz CT molecular complexity index is 1100. The van der Waals surface area contributed by atoms with Gasteiger partial charge >= 0.3 is 0 Å². The molecule has 0 saturated heterocycles. The van der Waals surface area contributed by atoms with Gasteiger partial charge in [0.05, 0.1) is 26.9 Å². The van der Waals surface area contributed by atoms with E-state index in [9.17, 15) is 9.59 Å². The molecule has 1 aromatic heterocycles. The maximum atomic E-state index is 12.7. The Balaban J connectivity index is 1.74. The largest absolute Gasteiger partial charge is 0.497 e. The van der Waals surface area contributed by atoms with E-state index in [4.69, 9.17) is 14.2 Å². The number of hydrogen-bond donors (Lipinski definition) is 2. The highest BCUT2D eigenvalue weighted by atomic mass is 16.5.